The Kier molecular flexibility index (Phi) is 6.18. The SMILES string of the molecule is CCC=O.O=[N+]([O-])C1CCNC1. The van der Waals surface area contributed by atoms with Gasteiger partial charge in [0.05, 0.1) is 6.54 Å². The van der Waals surface area contributed by atoms with Gasteiger partial charge in [-0.05, 0) is 0 Å². The predicted molar refractivity (Wildman–Crippen MR) is 44.6 cm³/mol. The third kappa shape index (κ3) is 4.79. The summed E-state index contributed by atoms with van der Waals surface area (Å²) in [7, 11) is 0. The maximum atomic E-state index is 9.97. The molecule has 0 bridgehead atoms. The van der Waals surface area contributed by atoms with Crippen molar-refractivity contribution in [2.75, 3.05) is 13.1 Å². The summed E-state index contributed by atoms with van der Waals surface area (Å²) < 4.78 is 0. The highest BCUT2D eigenvalue weighted by atomic mass is 16.6. The molecule has 5 nitrogen and oxygen atoms in total. The van der Waals surface area contributed by atoms with Crippen LogP contribution in [0.2, 0.25) is 0 Å². The lowest BCUT2D eigenvalue weighted by Crippen LogP contribution is -2.21. The molecule has 5 heteroatoms. The molecule has 1 rings (SSSR count). The van der Waals surface area contributed by atoms with E-state index in [1.165, 1.54) is 0 Å². The minimum absolute atomic E-state index is 0.222. The van der Waals surface area contributed by atoms with Crippen LogP contribution in [-0.4, -0.2) is 30.3 Å². The summed E-state index contributed by atoms with van der Waals surface area (Å²) in [6.45, 7) is 3.16. The molecular formula is C7H14N2O3. The molecule has 1 saturated heterocycles. The molecule has 0 aliphatic carbocycles. The lowest BCUT2D eigenvalue weighted by atomic mass is 10.3. The summed E-state index contributed by atoms with van der Waals surface area (Å²) in [5.74, 6) is 0. The van der Waals surface area contributed by atoms with Gasteiger partial charge in [-0.15, -0.1) is 0 Å². The van der Waals surface area contributed by atoms with Gasteiger partial charge in [0, 0.05) is 24.3 Å². The van der Waals surface area contributed by atoms with Crippen LogP contribution < -0.4 is 5.32 Å². The van der Waals surface area contributed by atoms with Crippen molar-refractivity contribution in [3.63, 3.8) is 0 Å². The molecule has 0 aromatic heterocycles. The maximum Gasteiger partial charge on any atom is 0.226 e. The first-order valence-corrected chi connectivity index (χ1v) is 4.00. The van der Waals surface area contributed by atoms with E-state index in [-0.39, 0.29) is 11.0 Å². The highest BCUT2D eigenvalue weighted by molar-refractivity contribution is 5.48. The number of aldehydes is 1. The van der Waals surface area contributed by atoms with Gasteiger partial charge in [-0.1, -0.05) is 6.92 Å². The lowest BCUT2D eigenvalue weighted by molar-refractivity contribution is -0.517. The van der Waals surface area contributed by atoms with Gasteiger partial charge in [0.2, 0.25) is 6.04 Å². The zero-order valence-electron chi connectivity index (χ0n) is 7.16. The molecule has 0 aromatic carbocycles. The molecule has 0 aromatic rings. The quantitative estimate of drug-likeness (QED) is 0.369. The largest absolute Gasteiger partial charge is 0.310 e. The Labute approximate surface area is 71.3 Å². The zero-order chi connectivity index (χ0) is 9.40. The van der Waals surface area contributed by atoms with E-state index >= 15 is 0 Å². The Bertz CT molecular complexity index is 144. The molecule has 0 saturated carbocycles. The van der Waals surface area contributed by atoms with Crippen LogP contribution in [0.1, 0.15) is 19.8 Å². The fourth-order valence-corrected chi connectivity index (χ4v) is 0.819. The number of carbonyl (C=O) groups excluding carboxylic acids is 1. The first kappa shape index (κ1) is 11.0. The van der Waals surface area contributed by atoms with Crippen molar-refractivity contribution in [3.05, 3.63) is 10.1 Å². The summed E-state index contributed by atoms with van der Waals surface area (Å²) >= 11 is 0. The van der Waals surface area contributed by atoms with E-state index in [4.69, 9.17) is 0 Å². The van der Waals surface area contributed by atoms with Crippen LogP contribution in [0.4, 0.5) is 0 Å². The standard InChI is InChI=1S/C4H8N2O2.C3H6O/c7-6(8)4-1-2-5-3-4;1-2-3-4/h4-5H,1-3H2;3H,2H2,1H3. The molecule has 1 aliphatic heterocycles. The normalized spacial score (nSPS) is 20.9. The van der Waals surface area contributed by atoms with Gasteiger partial charge in [-0.25, -0.2) is 0 Å². The summed E-state index contributed by atoms with van der Waals surface area (Å²) in [4.78, 5) is 18.9. The average molecular weight is 174 g/mol. The molecule has 1 atom stereocenters. The van der Waals surface area contributed by atoms with Gasteiger partial charge in [0.15, 0.2) is 0 Å². The summed E-state index contributed by atoms with van der Waals surface area (Å²) in [5.41, 5.74) is 0. The first-order valence-electron chi connectivity index (χ1n) is 4.00. The van der Waals surface area contributed by atoms with Crippen molar-refractivity contribution in [2.45, 2.75) is 25.8 Å². The summed E-state index contributed by atoms with van der Waals surface area (Å²) in [6.07, 6.45) is 2.20. The third-order valence-electron chi connectivity index (χ3n) is 1.50. The smallest absolute Gasteiger partial charge is 0.226 e. The average Bonchev–Trinajstić information content (AvgIpc) is 2.57. The molecule has 1 unspecified atom stereocenters. The van der Waals surface area contributed by atoms with Crippen molar-refractivity contribution in [1.29, 1.82) is 0 Å². The van der Waals surface area contributed by atoms with Gasteiger partial charge in [-0.3, -0.25) is 10.1 Å². The van der Waals surface area contributed by atoms with E-state index in [1.54, 1.807) is 0 Å². The van der Waals surface area contributed by atoms with Crippen molar-refractivity contribution >= 4 is 6.29 Å². The van der Waals surface area contributed by atoms with E-state index in [9.17, 15) is 14.9 Å². The molecule has 70 valence electrons. The Morgan fingerprint density at radius 1 is 1.75 bits per heavy atom. The molecule has 1 heterocycles. The van der Waals surface area contributed by atoms with Crippen LogP contribution in [0.5, 0.6) is 0 Å². The first-order chi connectivity index (χ1) is 5.72. The van der Waals surface area contributed by atoms with Crippen LogP contribution >= 0.6 is 0 Å². The van der Waals surface area contributed by atoms with Crippen LogP contribution in [0.15, 0.2) is 0 Å². The minimum Gasteiger partial charge on any atom is -0.310 e. The van der Waals surface area contributed by atoms with Crippen molar-refractivity contribution in [2.24, 2.45) is 0 Å². The highest BCUT2D eigenvalue weighted by Gasteiger charge is 2.23. The van der Waals surface area contributed by atoms with Crippen LogP contribution in [0.25, 0.3) is 0 Å². The fourth-order valence-electron chi connectivity index (χ4n) is 0.819. The second-order valence-electron chi connectivity index (χ2n) is 2.51. The van der Waals surface area contributed by atoms with Crippen LogP contribution in [0, 0.1) is 10.1 Å². The van der Waals surface area contributed by atoms with Gasteiger partial charge >= 0.3 is 0 Å². The molecule has 0 spiro atoms. The van der Waals surface area contributed by atoms with Crippen molar-refractivity contribution < 1.29 is 9.72 Å². The fraction of sp³-hybridized carbons (Fsp3) is 0.857. The van der Waals surface area contributed by atoms with Crippen molar-refractivity contribution in [3.8, 4) is 0 Å². The van der Waals surface area contributed by atoms with Gasteiger partial charge in [0.1, 0.15) is 6.29 Å². The summed E-state index contributed by atoms with van der Waals surface area (Å²) in [6, 6.07) is -0.324. The minimum atomic E-state index is -0.324. The number of hydrogen-bond donors (Lipinski definition) is 1. The maximum absolute atomic E-state index is 9.97. The van der Waals surface area contributed by atoms with Gasteiger partial charge in [-0.2, -0.15) is 0 Å². The Hall–Kier alpha value is -0.970. The number of nitrogens with one attached hydrogen (secondary N) is 1. The van der Waals surface area contributed by atoms with Crippen LogP contribution in [0.3, 0.4) is 0 Å². The molecular weight excluding hydrogens is 160 g/mol. The van der Waals surface area contributed by atoms with E-state index in [1.807, 2.05) is 6.92 Å². The predicted octanol–water partition coefficient (Wildman–Crippen LogP) is 0.220. The Morgan fingerprint density at radius 2 is 2.33 bits per heavy atom. The molecule has 0 radical (unpaired) electrons. The van der Waals surface area contributed by atoms with E-state index < -0.39 is 0 Å². The molecule has 1 fully saturated rings. The third-order valence-corrected chi connectivity index (χ3v) is 1.50. The second-order valence-corrected chi connectivity index (χ2v) is 2.51. The zero-order valence-corrected chi connectivity index (χ0v) is 7.16. The molecule has 0 amide bonds. The van der Waals surface area contributed by atoms with Crippen LogP contribution in [-0.2, 0) is 4.79 Å². The Morgan fingerprint density at radius 3 is 2.50 bits per heavy atom. The van der Waals surface area contributed by atoms with E-state index in [0.717, 1.165) is 12.8 Å². The number of hydrogen-bond acceptors (Lipinski definition) is 4. The number of nitrogens with zero attached hydrogens (tertiary/aromatic N) is 1. The lowest BCUT2D eigenvalue weighted by Gasteiger charge is -1.94. The second kappa shape index (κ2) is 6.72. The van der Waals surface area contributed by atoms with Crippen molar-refractivity contribution in [1.82, 2.24) is 5.32 Å². The number of rotatable bonds is 2. The molecule has 1 N–H and O–H groups in total. The number of nitro groups is 1. The highest BCUT2D eigenvalue weighted by Crippen LogP contribution is 1.99. The van der Waals surface area contributed by atoms with E-state index in [0.29, 0.717) is 19.4 Å². The topological polar surface area (TPSA) is 72.2 Å². The summed E-state index contributed by atoms with van der Waals surface area (Å²) in [5, 5.41) is 12.9. The van der Waals surface area contributed by atoms with Gasteiger partial charge in [0.25, 0.3) is 0 Å². The molecule has 1 aliphatic rings. The monoisotopic (exact) mass is 174 g/mol. The Balaban J connectivity index is 0.000000261. The van der Waals surface area contributed by atoms with Gasteiger partial charge < -0.3 is 10.1 Å². The molecule has 12 heavy (non-hydrogen) atoms. The van der Waals surface area contributed by atoms with E-state index in [2.05, 4.69) is 5.32 Å². The number of carbonyl (C=O) groups is 1.